The second-order valence-corrected chi connectivity index (χ2v) is 4.08. The summed E-state index contributed by atoms with van der Waals surface area (Å²) < 4.78 is 0. The molecule has 0 aromatic heterocycles. The molecule has 0 bridgehead atoms. The van der Waals surface area contributed by atoms with Gasteiger partial charge in [-0.1, -0.05) is 18.1 Å². The fourth-order valence-electron chi connectivity index (χ4n) is 2.05. The molecule has 1 aliphatic carbocycles. The van der Waals surface area contributed by atoms with E-state index in [1.165, 1.54) is 22.3 Å². The number of hydrogen-bond donors (Lipinski definition) is 0. The first-order valence-corrected chi connectivity index (χ1v) is 4.60. The van der Waals surface area contributed by atoms with Crippen molar-refractivity contribution in [3.63, 3.8) is 0 Å². The molecular weight excluding hydrogens is 192 g/mol. The Morgan fingerprint density at radius 1 is 1.00 bits per heavy atom. The first kappa shape index (κ1) is 13.2. The molecule has 0 aromatic rings. The van der Waals surface area contributed by atoms with Crippen LogP contribution in [0.2, 0.25) is 0 Å². The summed E-state index contributed by atoms with van der Waals surface area (Å²) in [6, 6.07) is 0. The number of hydrogen-bond acceptors (Lipinski definition) is 0. The van der Waals surface area contributed by atoms with Crippen LogP contribution in [0, 0.1) is 12.3 Å². The molecular formula is C12H19Ti-. The van der Waals surface area contributed by atoms with Crippen LogP contribution in [0.15, 0.2) is 22.3 Å². The maximum atomic E-state index is 4.04. The zero-order valence-electron chi connectivity index (χ0n) is 9.41. The minimum Gasteiger partial charge on any atom is -0.342 e. The van der Waals surface area contributed by atoms with Gasteiger partial charge >= 0.3 is 0 Å². The maximum absolute atomic E-state index is 4.04. The van der Waals surface area contributed by atoms with E-state index in [4.69, 9.17) is 0 Å². The second kappa shape index (κ2) is 4.15. The molecule has 1 rings (SSSR count). The SMILES string of the molecule is [CH2-]CC1(C)C(C)=C(C)C(C)=C1C.[Ti]. The van der Waals surface area contributed by atoms with E-state index < -0.39 is 0 Å². The Morgan fingerprint density at radius 3 is 1.46 bits per heavy atom. The van der Waals surface area contributed by atoms with E-state index in [2.05, 4.69) is 41.5 Å². The Balaban J connectivity index is 0.00000144. The van der Waals surface area contributed by atoms with Crippen LogP contribution in [-0.2, 0) is 21.7 Å². The van der Waals surface area contributed by atoms with Crippen LogP contribution in [-0.4, -0.2) is 0 Å². The minimum absolute atomic E-state index is 0. The third kappa shape index (κ3) is 1.71. The van der Waals surface area contributed by atoms with Gasteiger partial charge in [-0.05, 0) is 44.3 Å². The molecule has 0 radical (unpaired) electrons. The van der Waals surface area contributed by atoms with Gasteiger partial charge in [-0.15, -0.1) is 0 Å². The summed E-state index contributed by atoms with van der Waals surface area (Å²) in [5.41, 5.74) is 6.20. The molecule has 0 N–H and O–H groups in total. The summed E-state index contributed by atoms with van der Waals surface area (Å²) in [6.07, 6.45) is 0.972. The molecule has 0 heterocycles. The Kier molecular flexibility index (Phi) is 4.21. The van der Waals surface area contributed by atoms with Gasteiger partial charge in [0.25, 0.3) is 0 Å². The largest absolute Gasteiger partial charge is 0.342 e. The topological polar surface area (TPSA) is 0 Å². The first-order chi connectivity index (χ1) is 5.45. The summed E-state index contributed by atoms with van der Waals surface area (Å²) in [5.74, 6) is 0. The summed E-state index contributed by atoms with van der Waals surface area (Å²) in [5, 5.41) is 0. The van der Waals surface area contributed by atoms with Gasteiger partial charge < -0.3 is 6.92 Å². The maximum Gasteiger partial charge on any atom is 0 e. The van der Waals surface area contributed by atoms with Crippen molar-refractivity contribution in [1.29, 1.82) is 0 Å². The quantitative estimate of drug-likeness (QED) is 0.455. The van der Waals surface area contributed by atoms with Gasteiger partial charge in [0.15, 0.2) is 0 Å². The monoisotopic (exact) mass is 211 g/mol. The van der Waals surface area contributed by atoms with Crippen molar-refractivity contribution in [2.75, 3.05) is 0 Å². The molecule has 0 unspecified atom stereocenters. The van der Waals surface area contributed by atoms with Gasteiger partial charge in [0.05, 0.1) is 0 Å². The van der Waals surface area contributed by atoms with E-state index in [0.29, 0.717) is 0 Å². The molecule has 1 aliphatic rings. The van der Waals surface area contributed by atoms with Crippen molar-refractivity contribution in [2.45, 2.75) is 41.0 Å². The van der Waals surface area contributed by atoms with Gasteiger partial charge in [-0.3, -0.25) is 0 Å². The normalized spacial score (nSPS) is 20.8. The molecule has 72 valence electrons. The second-order valence-electron chi connectivity index (χ2n) is 4.08. The van der Waals surface area contributed by atoms with E-state index in [1.54, 1.807) is 0 Å². The van der Waals surface area contributed by atoms with E-state index in [9.17, 15) is 0 Å². The van der Waals surface area contributed by atoms with Crippen molar-refractivity contribution < 1.29 is 21.7 Å². The van der Waals surface area contributed by atoms with Gasteiger partial charge in [0.2, 0.25) is 0 Å². The fraction of sp³-hybridized carbons (Fsp3) is 0.583. The predicted molar refractivity (Wildman–Crippen MR) is 54.8 cm³/mol. The molecule has 0 aliphatic heterocycles. The Bertz CT molecular complexity index is 245. The average molecular weight is 211 g/mol. The predicted octanol–water partition coefficient (Wildman–Crippen LogP) is 3.90. The van der Waals surface area contributed by atoms with E-state index in [1.807, 2.05) is 0 Å². The molecule has 0 fully saturated rings. The molecule has 0 saturated carbocycles. The van der Waals surface area contributed by atoms with Crippen molar-refractivity contribution in [3.05, 3.63) is 29.2 Å². The fourth-order valence-corrected chi connectivity index (χ4v) is 2.05. The van der Waals surface area contributed by atoms with E-state index in [0.717, 1.165) is 6.42 Å². The summed E-state index contributed by atoms with van der Waals surface area (Å²) >= 11 is 0. The number of allylic oxidation sites excluding steroid dienone is 4. The van der Waals surface area contributed by atoms with Crippen LogP contribution >= 0.6 is 0 Å². The smallest absolute Gasteiger partial charge is 0 e. The van der Waals surface area contributed by atoms with Crippen molar-refractivity contribution in [3.8, 4) is 0 Å². The van der Waals surface area contributed by atoms with Crippen molar-refractivity contribution in [1.82, 2.24) is 0 Å². The van der Waals surface area contributed by atoms with Crippen LogP contribution in [0.3, 0.4) is 0 Å². The molecule has 0 spiro atoms. The average Bonchev–Trinajstić information content (AvgIpc) is 2.22. The molecule has 0 aromatic carbocycles. The van der Waals surface area contributed by atoms with E-state index in [-0.39, 0.29) is 27.1 Å². The molecule has 0 saturated heterocycles. The number of rotatable bonds is 1. The van der Waals surface area contributed by atoms with Gasteiger partial charge in [0.1, 0.15) is 0 Å². The van der Waals surface area contributed by atoms with Crippen LogP contribution < -0.4 is 0 Å². The standard InChI is InChI=1S/C12H19.Ti/c1-7-12(6)10(4)8(2)9(3)11(12)5;/h1,7H2,2-6H3;/q-1;. The molecule has 1 heteroatoms. The van der Waals surface area contributed by atoms with Gasteiger partial charge in [-0.2, -0.15) is 6.42 Å². The van der Waals surface area contributed by atoms with Crippen LogP contribution in [0.1, 0.15) is 41.0 Å². The molecule has 0 atom stereocenters. The minimum atomic E-state index is 0. The van der Waals surface area contributed by atoms with Crippen LogP contribution in [0.25, 0.3) is 0 Å². The zero-order chi connectivity index (χ0) is 9.52. The van der Waals surface area contributed by atoms with Gasteiger partial charge in [-0.25, -0.2) is 0 Å². The summed E-state index contributed by atoms with van der Waals surface area (Å²) in [4.78, 5) is 0. The Labute approximate surface area is 97.4 Å². The van der Waals surface area contributed by atoms with Crippen LogP contribution in [0.5, 0.6) is 0 Å². The Hall–Kier alpha value is 0.194. The molecule has 0 nitrogen and oxygen atoms in total. The molecule has 0 amide bonds. The third-order valence-corrected chi connectivity index (χ3v) is 3.84. The zero-order valence-corrected chi connectivity index (χ0v) is 11.0. The van der Waals surface area contributed by atoms with E-state index >= 15 is 0 Å². The Morgan fingerprint density at radius 2 is 1.31 bits per heavy atom. The van der Waals surface area contributed by atoms with Crippen molar-refractivity contribution in [2.24, 2.45) is 5.41 Å². The molecule has 13 heavy (non-hydrogen) atoms. The summed E-state index contributed by atoms with van der Waals surface area (Å²) in [7, 11) is 0. The van der Waals surface area contributed by atoms with Gasteiger partial charge in [0, 0.05) is 21.7 Å². The third-order valence-electron chi connectivity index (χ3n) is 3.84. The van der Waals surface area contributed by atoms with Crippen molar-refractivity contribution >= 4 is 0 Å². The first-order valence-electron chi connectivity index (χ1n) is 4.60. The summed E-state index contributed by atoms with van der Waals surface area (Å²) in [6.45, 7) is 15.2. The van der Waals surface area contributed by atoms with Crippen LogP contribution in [0.4, 0.5) is 0 Å².